The highest BCUT2D eigenvalue weighted by atomic mass is 16.7. The Labute approximate surface area is 114 Å². The molecule has 19 heavy (non-hydrogen) atoms. The number of nitriles is 1. The van der Waals surface area contributed by atoms with Crippen LogP contribution in [0.25, 0.3) is 0 Å². The van der Waals surface area contributed by atoms with Crippen molar-refractivity contribution < 1.29 is 9.47 Å². The zero-order chi connectivity index (χ0) is 13.3. The first kappa shape index (κ1) is 12.7. The molecule has 3 nitrogen and oxygen atoms in total. The van der Waals surface area contributed by atoms with Gasteiger partial charge in [-0.3, -0.25) is 0 Å². The van der Waals surface area contributed by atoms with E-state index in [4.69, 9.17) is 9.47 Å². The van der Waals surface area contributed by atoms with Crippen LogP contribution in [0.2, 0.25) is 0 Å². The van der Waals surface area contributed by atoms with E-state index in [2.05, 4.69) is 25.1 Å². The lowest BCUT2D eigenvalue weighted by Crippen LogP contribution is -2.41. The van der Waals surface area contributed by atoms with E-state index in [1.807, 2.05) is 12.1 Å². The molecular weight excluding hydrogens is 238 g/mol. The van der Waals surface area contributed by atoms with Crippen molar-refractivity contribution in [3.05, 3.63) is 35.4 Å². The first-order valence-corrected chi connectivity index (χ1v) is 6.95. The minimum Gasteiger partial charge on any atom is -0.348 e. The molecule has 1 heterocycles. The first-order chi connectivity index (χ1) is 9.20. The lowest BCUT2D eigenvalue weighted by Gasteiger charge is -2.40. The van der Waals surface area contributed by atoms with Crippen LogP contribution in [-0.2, 0) is 14.9 Å². The molecule has 0 atom stereocenters. The monoisotopic (exact) mass is 257 g/mol. The van der Waals surface area contributed by atoms with Crippen LogP contribution in [0.5, 0.6) is 0 Å². The maximum absolute atomic E-state index is 9.72. The molecule has 1 saturated heterocycles. The van der Waals surface area contributed by atoms with Gasteiger partial charge >= 0.3 is 0 Å². The molecule has 1 aromatic carbocycles. The molecule has 2 fully saturated rings. The van der Waals surface area contributed by atoms with Gasteiger partial charge in [0.15, 0.2) is 5.79 Å². The lowest BCUT2D eigenvalue weighted by molar-refractivity contribution is -0.182. The van der Waals surface area contributed by atoms with Crippen molar-refractivity contribution in [1.82, 2.24) is 0 Å². The molecule has 3 rings (SSSR count). The van der Waals surface area contributed by atoms with Crippen LogP contribution >= 0.6 is 0 Å². The van der Waals surface area contributed by atoms with Gasteiger partial charge in [-0.15, -0.1) is 0 Å². The number of hydrogen-bond donors (Lipinski definition) is 0. The molecule has 3 heteroatoms. The SMILES string of the molecule is Cc1ccccc1C1(C#N)CCC2(CC1)OCCO2. The number of nitrogens with zero attached hydrogens (tertiary/aromatic N) is 1. The van der Waals surface area contributed by atoms with Crippen LogP contribution in [0.15, 0.2) is 24.3 Å². The molecule has 0 radical (unpaired) electrons. The molecule has 1 spiro atoms. The third-order valence-electron chi connectivity index (χ3n) is 4.55. The Balaban J connectivity index is 1.87. The minimum atomic E-state index is -0.400. The van der Waals surface area contributed by atoms with E-state index >= 15 is 0 Å². The number of hydrogen-bond acceptors (Lipinski definition) is 3. The van der Waals surface area contributed by atoms with Gasteiger partial charge in [0, 0.05) is 12.8 Å². The lowest BCUT2D eigenvalue weighted by atomic mass is 9.67. The summed E-state index contributed by atoms with van der Waals surface area (Å²) >= 11 is 0. The molecule has 2 aliphatic rings. The van der Waals surface area contributed by atoms with Crippen molar-refractivity contribution in [3.8, 4) is 6.07 Å². The highest BCUT2D eigenvalue weighted by Gasteiger charge is 2.47. The molecule has 100 valence electrons. The van der Waals surface area contributed by atoms with Crippen molar-refractivity contribution >= 4 is 0 Å². The van der Waals surface area contributed by atoms with E-state index < -0.39 is 5.79 Å². The number of aryl methyl sites for hydroxylation is 1. The maximum atomic E-state index is 9.72. The standard InChI is InChI=1S/C16H19NO2/c1-13-4-2-3-5-14(13)15(12-17)6-8-16(9-7-15)18-10-11-19-16/h2-5H,6-11H2,1H3. The summed E-state index contributed by atoms with van der Waals surface area (Å²) < 4.78 is 11.5. The summed E-state index contributed by atoms with van der Waals surface area (Å²) in [6.07, 6.45) is 3.26. The zero-order valence-corrected chi connectivity index (χ0v) is 11.3. The summed E-state index contributed by atoms with van der Waals surface area (Å²) in [5.41, 5.74) is 2.00. The summed E-state index contributed by atoms with van der Waals surface area (Å²) in [6, 6.07) is 10.8. The van der Waals surface area contributed by atoms with Crippen LogP contribution in [0.3, 0.4) is 0 Å². The van der Waals surface area contributed by atoms with Crippen molar-refractivity contribution in [1.29, 1.82) is 5.26 Å². The molecule has 0 amide bonds. The van der Waals surface area contributed by atoms with Crippen molar-refractivity contribution in [2.45, 2.75) is 43.8 Å². The Bertz CT molecular complexity index is 502. The molecule has 0 N–H and O–H groups in total. The summed E-state index contributed by atoms with van der Waals surface area (Å²) in [4.78, 5) is 0. The fraction of sp³-hybridized carbons (Fsp3) is 0.562. The van der Waals surface area contributed by atoms with E-state index in [0.29, 0.717) is 13.2 Å². The maximum Gasteiger partial charge on any atom is 0.168 e. The number of rotatable bonds is 1. The molecule has 1 aliphatic heterocycles. The normalized spacial score (nSPS) is 24.2. The smallest absolute Gasteiger partial charge is 0.168 e. The van der Waals surface area contributed by atoms with Crippen molar-refractivity contribution in [2.24, 2.45) is 0 Å². The second kappa shape index (κ2) is 4.63. The number of ether oxygens (including phenoxy) is 2. The van der Waals surface area contributed by atoms with Crippen LogP contribution in [0.1, 0.15) is 36.8 Å². The van der Waals surface area contributed by atoms with E-state index in [1.165, 1.54) is 11.1 Å². The van der Waals surface area contributed by atoms with Gasteiger partial charge < -0.3 is 9.47 Å². The van der Waals surface area contributed by atoms with Gasteiger partial charge in [-0.25, -0.2) is 0 Å². The van der Waals surface area contributed by atoms with Crippen LogP contribution in [0.4, 0.5) is 0 Å². The molecule has 0 bridgehead atoms. The van der Waals surface area contributed by atoms with Gasteiger partial charge in [0.1, 0.15) is 0 Å². The fourth-order valence-corrected chi connectivity index (χ4v) is 3.39. The van der Waals surface area contributed by atoms with E-state index in [-0.39, 0.29) is 5.41 Å². The third-order valence-corrected chi connectivity index (χ3v) is 4.55. The van der Waals surface area contributed by atoms with Gasteiger partial charge in [0.05, 0.1) is 24.7 Å². The first-order valence-electron chi connectivity index (χ1n) is 6.95. The Kier molecular flexibility index (Phi) is 3.08. The van der Waals surface area contributed by atoms with Gasteiger partial charge in [0.2, 0.25) is 0 Å². The molecular formula is C16H19NO2. The van der Waals surface area contributed by atoms with Crippen molar-refractivity contribution in [3.63, 3.8) is 0 Å². The average molecular weight is 257 g/mol. The quantitative estimate of drug-likeness (QED) is 0.776. The van der Waals surface area contributed by atoms with Gasteiger partial charge in [-0.05, 0) is 30.9 Å². The molecule has 1 aliphatic carbocycles. The van der Waals surface area contributed by atoms with Gasteiger partial charge in [0.25, 0.3) is 0 Å². The third kappa shape index (κ3) is 2.05. The summed E-state index contributed by atoms with van der Waals surface area (Å²) in [7, 11) is 0. The molecule has 0 unspecified atom stereocenters. The molecule has 1 aromatic rings. The topological polar surface area (TPSA) is 42.2 Å². The van der Waals surface area contributed by atoms with Crippen LogP contribution in [0, 0.1) is 18.3 Å². The predicted octanol–water partition coefficient (Wildman–Crippen LogP) is 3.07. The van der Waals surface area contributed by atoms with Gasteiger partial charge in [-0.1, -0.05) is 24.3 Å². The Hall–Kier alpha value is -1.37. The Morgan fingerprint density at radius 1 is 1.05 bits per heavy atom. The number of benzene rings is 1. The molecule has 0 aromatic heterocycles. The van der Waals surface area contributed by atoms with E-state index in [0.717, 1.165) is 25.7 Å². The highest BCUT2D eigenvalue weighted by Crippen LogP contribution is 2.46. The second-order valence-electron chi connectivity index (χ2n) is 5.62. The van der Waals surface area contributed by atoms with Gasteiger partial charge in [-0.2, -0.15) is 5.26 Å². The van der Waals surface area contributed by atoms with E-state index in [9.17, 15) is 5.26 Å². The Morgan fingerprint density at radius 2 is 1.68 bits per heavy atom. The summed E-state index contributed by atoms with van der Waals surface area (Å²) in [6.45, 7) is 3.45. The van der Waals surface area contributed by atoms with Crippen LogP contribution in [-0.4, -0.2) is 19.0 Å². The highest BCUT2D eigenvalue weighted by molar-refractivity contribution is 5.39. The fourth-order valence-electron chi connectivity index (χ4n) is 3.39. The zero-order valence-electron chi connectivity index (χ0n) is 11.3. The summed E-state index contributed by atoms with van der Waals surface area (Å²) in [5.74, 6) is -0.400. The average Bonchev–Trinajstić information content (AvgIpc) is 2.90. The largest absolute Gasteiger partial charge is 0.348 e. The van der Waals surface area contributed by atoms with E-state index in [1.54, 1.807) is 0 Å². The Morgan fingerprint density at radius 3 is 2.26 bits per heavy atom. The van der Waals surface area contributed by atoms with Crippen molar-refractivity contribution in [2.75, 3.05) is 13.2 Å². The molecule has 1 saturated carbocycles. The minimum absolute atomic E-state index is 0.369. The second-order valence-corrected chi connectivity index (χ2v) is 5.62. The summed E-state index contributed by atoms with van der Waals surface area (Å²) in [5, 5.41) is 9.72. The van der Waals surface area contributed by atoms with Crippen LogP contribution < -0.4 is 0 Å². The predicted molar refractivity (Wildman–Crippen MR) is 71.6 cm³/mol.